The van der Waals surface area contributed by atoms with E-state index in [1.54, 1.807) is 94.1 Å². The zero-order valence-corrected chi connectivity index (χ0v) is 51.9. The Labute approximate surface area is 500 Å². The highest BCUT2D eigenvalue weighted by molar-refractivity contribution is 7.79. The average molecular weight is 1190 g/mol. The number of aryl methyl sites for hydroxylation is 1. The van der Waals surface area contributed by atoms with Gasteiger partial charge in [0.05, 0.1) is 0 Å². The lowest BCUT2D eigenvalue weighted by Crippen LogP contribution is -2.11. The third kappa shape index (κ3) is 26.8. The number of benzene rings is 9. The van der Waals surface area contributed by atoms with E-state index in [0.29, 0.717) is 34.5 Å². The molecule has 0 amide bonds. The van der Waals surface area contributed by atoms with E-state index in [2.05, 4.69) is 58.6 Å². The van der Waals surface area contributed by atoms with Gasteiger partial charge in [-0.15, -0.1) is 0 Å². The molecule has 0 saturated carbocycles. The van der Waals surface area contributed by atoms with Crippen LogP contribution in [-0.2, 0) is 20.6 Å². The molecule has 84 heavy (non-hydrogen) atoms. The van der Waals surface area contributed by atoms with Crippen molar-refractivity contribution >= 4 is 35.1 Å². The second-order valence-corrected chi connectivity index (χ2v) is 23.2. The van der Waals surface area contributed by atoms with Crippen LogP contribution in [-0.4, -0.2) is 41.2 Å². The summed E-state index contributed by atoms with van der Waals surface area (Å²) in [6.45, 7) is 17.8. The van der Waals surface area contributed by atoms with Gasteiger partial charge >= 0.3 is 23.0 Å². The molecule has 9 aromatic carbocycles. The molecule has 0 saturated heterocycles. The van der Waals surface area contributed by atoms with Crippen molar-refractivity contribution < 1.29 is 41.4 Å². The van der Waals surface area contributed by atoms with Gasteiger partial charge in [0.25, 0.3) is 0 Å². The molecule has 0 atom stereocenters. The molecule has 1 heterocycles. The van der Waals surface area contributed by atoms with Gasteiger partial charge < -0.3 is 41.4 Å². The van der Waals surface area contributed by atoms with Crippen LogP contribution in [0.4, 0.5) is 0 Å². The number of methoxy groups -OCH3 is 3. The van der Waals surface area contributed by atoms with Crippen molar-refractivity contribution in [1.82, 2.24) is 0 Å². The molecule has 0 unspecified atom stereocenters. The van der Waals surface area contributed by atoms with Gasteiger partial charge in [0, 0.05) is 41.2 Å². The van der Waals surface area contributed by atoms with E-state index in [1.165, 1.54) is 16.7 Å². The molecule has 0 aromatic heterocycles. The van der Waals surface area contributed by atoms with E-state index >= 15 is 0 Å². The van der Waals surface area contributed by atoms with Crippen molar-refractivity contribution in [3.63, 3.8) is 0 Å². The van der Waals surface area contributed by atoms with E-state index in [9.17, 15) is 0 Å². The van der Waals surface area contributed by atoms with Crippen molar-refractivity contribution in [3.8, 4) is 34.5 Å². The monoisotopic (exact) mass is 1190 g/mol. The lowest BCUT2D eigenvalue weighted by atomic mass is 10.2. The van der Waals surface area contributed by atoms with Crippen LogP contribution in [0.15, 0.2) is 300 Å². The van der Waals surface area contributed by atoms with Gasteiger partial charge in [-0.3, -0.25) is 0 Å². The fourth-order valence-electron chi connectivity index (χ4n) is 6.36. The fourth-order valence-corrected chi connectivity index (χ4v) is 15.4. The smallest absolute Gasteiger partial charge is 0.413 e. The number of para-hydroxylation sites is 6. The Morgan fingerprint density at radius 1 is 0.286 bits per heavy atom. The van der Waals surface area contributed by atoms with Gasteiger partial charge in [-0.2, -0.15) is 0 Å². The van der Waals surface area contributed by atoms with E-state index in [-0.39, 0.29) is 0 Å². The van der Waals surface area contributed by atoms with E-state index < -0.39 is 23.0 Å². The number of hydrogen-bond acceptors (Lipinski definition) is 12. The van der Waals surface area contributed by atoms with Crippen LogP contribution in [0, 0.1) is 0 Å². The zero-order chi connectivity index (χ0) is 60.2. The molecular formula is C69H80N3O9P3. The molecule has 0 radical (unpaired) electrons. The first kappa shape index (κ1) is 68.3. The molecule has 0 N–H and O–H groups in total. The van der Waals surface area contributed by atoms with Gasteiger partial charge in [-0.1, -0.05) is 246 Å². The Hall–Kier alpha value is -8.17. The second-order valence-electron chi connectivity index (χ2n) is 17.0. The third-order valence-corrected chi connectivity index (χ3v) is 18.8. The fraction of sp³-hybridized carbons (Fsp3) is 0.159. The normalized spacial score (nSPS) is 12.3. The molecule has 440 valence electrons. The third-order valence-electron chi connectivity index (χ3n) is 10.7. The van der Waals surface area contributed by atoms with Crippen LogP contribution in [0.3, 0.4) is 0 Å². The summed E-state index contributed by atoms with van der Waals surface area (Å²) in [5, 5.41) is 0. The van der Waals surface area contributed by atoms with Gasteiger partial charge in [-0.05, 0) is 117 Å². The Bertz CT molecular complexity index is 2830. The molecular weight excluding hydrogens is 1110 g/mol. The van der Waals surface area contributed by atoms with Crippen LogP contribution in [0.5, 0.6) is 34.5 Å². The molecule has 15 heteroatoms. The molecule has 12 nitrogen and oxygen atoms in total. The predicted octanol–water partition coefficient (Wildman–Crippen LogP) is 21.2. The lowest BCUT2D eigenvalue weighted by Gasteiger charge is -2.33. The average Bonchev–Trinajstić information content (AvgIpc) is 2.12. The Morgan fingerprint density at radius 3 is 0.583 bits per heavy atom. The van der Waals surface area contributed by atoms with Crippen molar-refractivity contribution in [2.45, 2.75) is 34.1 Å². The number of rotatable bonds is 18. The predicted molar refractivity (Wildman–Crippen MR) is 352 cm³/mol. The summed E-state index contributed by atoms with van der Waals surface area (Å²) in [6.07, 6.45) is 4.81. The van der Waals surface area contributed by atoms with Gasteiger partial charge in [0.15, 0.2) is 0 Å². The van der Waals surface area contributed by atoms with Gasteiger partial charge in [-0.25, -0.2) is 0 Å². The Morgan fingerprint density at radius 2 is 0.452 bits per heavy atom. The first-order valence-corrected chi connectivity index (χ1v) is 32.0. The van der Waals surface area contributed by atoms with E-state index in [0.717, 1.165) is 26.2 Å². The van der Waals surface area contributed by atoms with Crippen molar-refractivity contribution in [2.24, 2.45) is 13.5 Å². The molecule has 1 aliphatic heterocycles. The second kappa shape index (κ2) is 40.9. The molecule has 1 aliphatic rings. The zero-order valence-electron chi connectivity index (χ0n) is 49.2. The van der Waals surface area contributed by atoms with Crippen LogP contribution in [0.2, 0.25) is 0 Å². The Balaban J connectivity index is 0.000000336. The van der Waals surface area contributed by atoms with Gasteiger partial charge in [0.2, 0.25) is 0 Å². The SMILES string of the molecule is C=Cc1ccccc1.C=Cc1ccccc1.CCOC.CCOC.CCOC.CCc1ccccc1.c1ccc(OP2(Oc3ccccc3)=NP(Oc3ccccc3)(Oc3ccccc3)=NP(Oc3ccccc3)(Oc3ccccc3)=N2)cc1. The van der Waals surface area contributed by atoms with Crippen LogP contribution in [0.1, 0.15) is 44.4 Å². The maximum Gasteiger partial charge on any atom is 0.460 e. The van der Waals surface area contributed by atoms with E-state index in [1.807, 2.05) is 209 Å². The van der Waals surface area contributed by atoms with Crippen molar-refractivity contribution in [1.29, 1.82) is 0 Å². The van der Waals surface area contributed by atoms with Crippen LogP contribution in [0.25, 0.3) is 12.2 Å². The summed E-state index contributed by atoms with van der Waals surface area (Å²) in [7, 11) is -6.57. The standard InChI is InChI=1S/C36H30N3O6P3.C8H10.2C8H8.3C3H8O/c1-7-19-31(20-8-1)40-46(41-32-21-9-2-10-22-32)37-47(42-33-23-11-3-12-24-33,43-34-25-13-4-14-26-34)39-48(38-46,44-35-27-15-5-16-28-35)45-36-29-17-6-18-30-36;3*1-2-8-6-4-3-5-7-8;3*1-3-4-2/h1-30H;3-7H,2H2,1H3;2*2-7H,1H2;3*3H2,1-2H3. The minimum absolute atomic E-state index is 0.464. The molecule has 9 aromatic rings. The maximum absolute atomic E-state index is 6.74. The summed E-state index contributed by atoms with van der Waals surface area (Å²) < 4.78 is 69.6. The minimum Gasteiger partial charge on any atom is -0.413 e. The summed E-state index contributed by atoms with van der Waals surface area (Å²) >= 11 is 0. The van der Waals surface area contributed by atoms with Gasteiger partial charge in [0.1, 0.15) is 34.5 Å². The number of hydrogen-bond donors (Lipinski definition) is 0. The first-order valence-electron chi connectivity index (χ1n) is 27.4. The molecule has 10 rings (SSSR count). The number of ether oxygens (including phenoxy) is 3. The van der Waals surface area contributed by atoms with Crippen LogP contribution < -0.4 is 27.1 Å². The summed E-state index contributed by atoms with van der Waals surface area (Å²) in [5.74, 6) is 2.78. The Kier molecular flexibility index (Phi) is 33.3. The minimum atomic E-state index is -3.87. The van der Waals surface area contributed by atoms with E-state index in [4.69, 9.17) is 40.7 Å². The maximum atomic E-state index is 6.74. The topological polar surface area (TPSA) is 120 Å². The highest BCUT2D eigenvalue weighted by Crippen LogP contribution is 2.78. The highest BCUT2D eigenvalue weighted by Gasteiger charge is 2.49. The van der Waals surface area contributed by atoms with Crippen molar-refractivity contribution in [2.75, 3.05) is 41.2 Å². The van der Waals surface area contributed by atoms with Crippen LogP contribution >= 0.6 is 23.0 Å². The number of nitrogens with zero attached hydrogens (tertiary/aromatic N) is 3. The molecule has 0 fully saturated rings. The van der Waals surface area contributed by atoms with Crippen molar-refractivity contribution in [3.05, 3.63) is 303 Å². The summed E-state index contributed by atoms with van der Waals surface area (Å²) in [6, 6.07) is 85.8. The highest BCUT2D eigenvalue weighted by atomic mass is 31.3. The molecule has 0 bridgehead atoms. The quantitative estimate of drug-likeness (QED) is 0.0773. The summed E-state index contributed by atoms with van der Waals surface area (Å²) in [5.41, 5.74) is 3.76. The molecule has 0 spiro atoms. The largest absolute Gasteiger partial charge is 0.460 e. The lowest BCUT2D eigenvalue weighted by molar-refractivity contribution is 0.215. The first-order chi connectivity index (χ1) is 41.1. The summed E-state index contributed by atoms with van der Waals surface area (Å²) in [4.78, 5) is 0. The molecule has 0 aliphatic carbocycles.